The predicted molar refractivity (Wildman–Crippen MR) is 107 cm³/mol. The first-order valence-electron chi connectivity index (χ1n) is 8.25. The lowest BCUT2D eigenvalue weighted by molar-refractivity contribution is -0.125. The number of hydrogen-bond donors (Lipinski definition) is 1. The van der Waals surface area contributed by atoms with Gasteiger partial charge in [-0.05, 0) is 12.1 Å². The number of halogens is 2. The summed E-state index contributed by atoms with van der Waals surface area (Å²) in [5, 5.41) is 7.63. The number of nitrogens with zero attached hydrogens (tertiary/aromatic N) is 1. The number of carbonyl (C=O) groups excluding carboxylic acids is 1. The second-order valence-corrected chi connectivity index (χ2v) is 6.68. The lowest BCUT2D eigenvalue weighted by atomic mass is 10.0. The summed E-state index contributed by atoms with van der Waals surface area (Å²) >= 11 is 12.0. The first-order valence-corrected chi connectivity index (χ1v) is 9.01. The Balaban J connectivity index is 1.72. The Morgan fingerprint density at radius 1 is 1.07 bits per heavy atom. The van der Waals surface area contributed by atoms with Gasteiger partial charge in [-0.15, -0.1) is 0 Å². The van der Waals surface area contributed by atoms with Crippen LogP contribution in [0.4, 0.5) is 5.69 Å². The van der Waals surface area contributed by atoms with Crippen LogP contribution in [0, 0.1) is 0 Å². The summed E-state index contributed by atoms with van der Waals surface area (Å²) in [7, 11) is 4.51. The second-order valence-electron chi connectivity index (χ2n) is 5.87. The van der Waals surface area contributed by atoms with E-state index in [2.05, 4.69) is 10.5 Å². The molecule has 1 amide bonds. The third-order valence-electron chi connectivity index (χ3n) is 4.15. The summed E-state index contributed by atoms with van der Waals surface area (Å²) in [4.78, 5) is 17.9. The predicted octanol–water partition coefficient (Wildman–Crippen LogP) is 4.15. The summed E-state index contributed by atoms with van der Waals surface area (Å²) in [6, 6.07) is 8.40. The molecule has 0 radical (unpaired) electrons. The zero-order valence-corrected chi connectivity index (χ0v) is 16.9. The first-order chi connectivity index (χ1) is 13.5. The van der Waals surface area contributed by atoms with Crippen molar-refractivity contribution in [2.75, 3.05) is 26.6 Å². The largest absolute Gasteiger partial charge is 0.493 e. The molecule has 1 aliphatic rings. The van der Waals surface area contributed by atoms with Gasteiger partial charge >= 0.3 is 0 Å². The van der Waals surface area contributed by atoms with Crippen LogP contribution in [0.3, 0.4) is 0 Å². The van der Waals surface area contributed by atoms with E-state index in [-0.39, 0.29) is 5.91 Å². The molecule has 0 saturated carbocycles. The monoisotopic (exact) mass is 424 g/mol. The van der Waals surface area contributed by atoms with Gasteiger partial charge in [-0.25, -0.2) is 0 Å². The highest BCUT2D eigenvalue weighted by molar-refractivity contribution is 6.42. The summed E-state index contributed by atoms with van der Waals surface area (Å²) in [5.41, 5.74) is 1.84. The standard InChI is InChI=1S/C19H18Cl2N2O5/c1-25-15-7-11(8-16(26-2)18(15)27-3)22-19(24)17-9-14(23-28-17)10-4-5-12(20)13(21)6-10/h4-8,17H,9H2,1-3H3,(H,22,24). The third-order valence-corrected chi connectivity index (χ3v) is 4.89. The Kier molecular flexibility index (Phi) is 6.16. The molecule has 0 bridgehead atoms. The average molecular weight is 425 g/mol. The number of amides is 1. The van der Waals surface area contributed by atoms with Crippen molar-refractivity contribution >= 4 is 40.5 Å². The van der Waals surface area contributed by atoms with Crippen LogP contribution in [0.5, 0.6) is 17.2 Å². The molecule has 0 aliphatic carbocycles. The molecule has 9 heteroatoms. The minimum atomic E-state index is -0.774. The van der Waals surface area contributed by atoms with Gasteiger partial charge in [0.05, 0.1) is 37.1 Å². The molecule has 1 N–H and O–H groups in total. The molecule has 0 saturated heterocycles. The lowest BCUT2D eigenvalue weighted by Crippen LogP contribution is -2.28. The van der Waals surface area contributed by atoms with E-state index in [1.165, 1.54) is 21.3 Å². The highest BCUT2D eigenvalue weighted by Crippen LogP contribution is 2.40. The van der Waals surface area contributed by atoms with Crippen molar-refractivity contribution in [2.45, 2.75) is 12.5 Å². The van der Waals surface area contributed by atoms with Crippen LogP contribution < -0.4 is 19.5 Å². The van der Waals surface area contributed by atoms with Gasteiger partial charge in [0, 0.05) is 29.8 Å². The third kappa shape index (κ3) is 4.10. The molecule has 148 valence electrons. The van der Waals surface area contributed by atoms with Crippen LogP contribution in [-0.2, 0) is 9.63 Å². The number of ether oxygens (including phenoxy) is 3. The fourth-order valence-corrected chi connectivity index (χ4v) is 3.04. The number of anilines is 1. The second kappa shape index (κ2) is 8.58. The number of hydrogen-bond acceptors (Lipinski definition) is 6. The molecule has 0 aromatic heterocycles. The van der Waals surface area contributed by atoms with Crippen LogP contribution in [0.2, 0.25) is 10.0 Å². The molecule has 0 fully saturated rings. The molecule has 3 rings (SSSR count). The first kappa shape index (κ1) is 20.1. The molecule has 1 aliphatic heterocycles. The molecular weight excluding hydrogens is 407 g/mol. The van der Waals surface area contributed by atoms with Crippen LogP contribution in [0.25, 0.3) is 0 Å². The Labute approximate surface area is 172 Å². The Hall–Kier alpha value is -2.64. The summed E-state index contributed by atoms with van der Waals surface area (Å²) < 4.78 is 15.9. The molecule has 2 aromatic rings. The lowest BCUT2D eigenvalue weighted by Gasteiger charge is -2.15. The highest BCUT2D eigenvalue weighted by Gasteiger charge is 2.29. The van der Waals surface area contributed by atoms with Gasteiger partial charge in [0.1, 0.15) is 0 Å². The van der Waals surface area contributed by atoms with E-state index < -0.39 is 6.10 Å². The summed E-state index contributed by atoms with van der Waals surface area (Å²) in [6.07, 6.45) is -0.475. The Morgan fingerprint density at radius 3 is 2.32 bits per heavy atom. The van der Waals surface area contributed by atoms with Gasteiger partial charge in [0.15, 0.2) is 11.5 Å². The number of carbonyl (C=O) groups is 1. The number of benzene rings is 2. The molecule has 7 nitrogen and oxygen atoms in total. The number of rotatable bonds is 6. The van der Waals surface area contributed by atoms with E-state index in [1.807, 2.05) is 0 Å². The normalized spacial score (nSPS) is 15.5. The quantitative estimate of drug-likeness (QED) is 0.753. The van der Waals surface area contributed by atoms with Gasteiger partial charge in [-0.3, -0.25) is 4.79 Å². The van der Waals surface area contributed by atoms with Gasteiger partial charge in [0.2, 0.25) is 11.9 Å². The van der Waals surface area contributed by atoms with E-state index >= 15 is 0 Å². The van der Waals surface area contributed by atoms with Crippen LogP contribution in [0.15, 0.2) is 35.5 Å². The Morgan fingerprint density at radius 2 is 1.75 bits per heavy atom. The highest BCUT2D eigenvalue weighted by atomic mass is 35.5. The molecule has 1 atom stereocenters. The van der Waals surface area contributed by atoms with E-state index in [9.17, 15) is 4.79 Å². The van der Waals surface area contributed by atoms with Crippen molar-refractivity contribution in [3.63, 3.8) is 0 Å². The zero-order chi connectivity index (χ0) is 20.3. The molecule has 2 aromatic carbocycles. The maximum absolute atomic E-state index is 12.6. The minimum absolute atomic E-state index is 0.300. The average Bonchev–Trinajstić information content (AvgIpc) is 3.19. The zero-order valence-electron chi connectivity index (χ0n) is 15.4. The van der Waals surface area contributed by atoms with Crippen LogP contribution in [0.1, 0.15) is 12.0 Å². The number of nitrogens with one attached hydrogen (secondary N) is 1. The fraction of sp³-hybridized carbons (Fsp3) is 0.263. The van der Waals surface area contributed by atoms with Crippen molar-refractivity contribution < 1.29 is 23.8 Å². The Bertz CT molecular complexity index is 908. The number of methoxy groups -OCH3 is 3. The van der Waals surface area contributed by atoms with E-state index in [0.29, 0.717) is 45.1 Å². The summed E-state index contributed by atoms with van der Waals surface area (Å²) in [6.45, 7) is 0. The summed E-state index contributed by atoms with van der Waals surface area (Å²) in [5.74, 6) is 0.938. The SMILES string of the molecule is COc1cc(NC(=O)C2CC(c3ccc(Cl)c(Cl)c3)=NO2)cc(OC)c1OC. The maximum atomic E-state index is 12.6. The smallest absolute Gasteiger partial charge is 0.268 e. The van der Waals surface area contributed by atoms with E-state index in [1.54, 1.807) is 30.3 Å². The molecule has 1 unspecified atom stereocenters. The van der Waals surface area contributed by atoms with Crippen molar-refractivity contribution in [3.8, 4) is 17.2 Å². The van der Waals surface area contributed by atoms with Crippen LogP contribution in [-0.4, -0.2) is 39.1 Å². The van der Waals surface area contributed by atoms with E-state index in [0.717, 1.165) is 5.56 Å². The van der Waals surface area contributed by atoms with Gasteiger partial charge in [-0.1, -0.05) is 34.4 Å². The maximum Gasteiger partial charge on any atom is 0.268 e. The van der Waals surface area contributed by atoms with Gasteiger partial charge in [-0.2, -0.15) is 0 Å². The van der Waals surface area contributed by atoms with Gasteiger partial charge in [0.25, 0.3) is 5.91 Å². The topological polar surface area (TPSA) is 78.4 Å². The van der Waals surface area contributed by atoms with Crippen LogP contribution >= 0.6 is 23.2 Å². The minimum Gasteiger partial charge on any atom is -0.493 e. The fourth-order valence-electron chi connectivity index (χ4n) is 2.74. The molecule has 0 spiro atoms. The van der Waals surface area contributed by atoms with Crippen molar-refractivity contribution in [1.29, 1.82) is 0 Å². The molecular formula is C19H18Cl2N2O5. The van der Waals surface area contributed by atoms with Crippen molar-refractivity contribution in [2.24, 2.45) is 5.16 Å². The molecule has 28 heavy (non-hydrogen) atoms. The number of oxime groups is 1. The van der Waals surface area contributed by atoms with Gasteiger partial charge < -0.3 is 24.4 Å². The molecule has 1 heterocycles. The van der Waals surface area contributed by atoms with E-state index in [4.69, 9.17) is 42.3 Å². The van der Waals surface area contributed by atoms with Crippen molar-refractivity contribution in [3.05, 3.63) is 45.9 Å². The van der Waals surface area contributed by atoms with Crippen molar-refractivity contribution in [1.82, 2.24) is 0 Å².